The Hall–Kier alpha value is -5.30. The molecule has 0 spiro atoms. The smallest absolute Gasteiger partial charge is 0.403 e. The number of fused-ring (bicyclic) bond motifs is 7. The Morgan fingerprint density at radius 1 is 1.05 bits per heavy atom. The maximum Gasteiger partial charge on any atom is 0.403 e. The summed E-state index contributed by atoms with van der Waals surface area (Å²) in [5, 5.41) is 16.7. The summed E-state index contributed by atoms with van der Waals surface area (Å²) in [5.74, 6) is -0.107. The van der Waals surface area contributed by atoms with Gasteiger partial charge in [0.1, 0.15) is 46.6 Å². The molecule has 4 saturated heterocycles. The quantitative estimate of drug-likeness (QED) is 0.149. The third-order valence-corrected chi connectivity index (χ3v) is 13.0. The lowest BCUT2D eigenvalue weighted by Crippen LogP contribution is -2.59. The van der Waals surface area contributed by atoms with Gasteiger partial charge in [-0.3, -0.25) is 14.4 Å². The molecule has 2 unspecified atom stereocenters. The number of hydrogen-bond acceptors (Lipinski definition) is 8. The first-order valence-corrected chi connectivity index (χ1v) is 19.2. The number of aryl methyl sites for hydroxylation is 1. The van der Waals surface area contributed by atoms with Crippen molar-refractivity contribution in [1.29, 1.82) is 0 Å². The first-order chi connectivity index (χ1) is 27.2. The van der Waals surface area contributed by atoms with Gasteiger partial charge in [-0.2, -0.15) is 28.2 Å². The molecule has 10 rings (SSSR count). The SMILES string of the molecule is C#Cc1c(F)ccc2cc(O)cc(-c3c(F)c4nc(OC[C@@]56CCCN5C[C@H](F)C6)nc(N5CC6CCC(C5)N6C(=O)C5(C(F)(F)F)CC5)c4c4cn(C)nc34)c12. The van der Waals surface area contributed by atoms with Gasteiger partial charge in [-0.15, -0.1) is 6.42 Å². The van der Waals surface area contributed by atoms with Gasteiger partial charge in [-0.25, -0.2) is 13.2 Å². The molecule has 4 aliphatic heterocycles. The molecule has 16 heteroatoms. The number of aromatic nitrogens is 4. The fourth-order valence-corrected chi connectivity index (χ4v) is 10.3. The number of benzene rings is 3. The van der Waals surface area contributed by atoms with E-state index in [-0.39, 0.29) is 102 Å². The zero-order valence-electron chi connectivity index (χ0n) is 30.8. The molecule has 57 heavy (non-hydrogen) atoms. The van der Waals surface area contributed by atoms with Crippen LogP contribution in [0.2, 0.25) is 0 Å². The van der Waals surface area contributed by atoms with E-state index in [2.05, 4.69) is 20.9 Å². The highest BCUT2D eigenvalue weighted by Crippen LogP contribution is 2.60. The molecule has 296 valence electrons. The molecule has 1 amide bonds. The molecular formula is C41H37F6N7O3. The van der Waals surface area contributed by atoms with E-state index in [9.17, 15) is 27.5 Å². The molecule has 5 fully saturated rings. The molecule has 2 bridgehead atoms. The number of alkyl halides is 4. The van der Waals surface area contributed by atoms with E-state index in [1.165, 1.54) is 33.8 Å². The van der Waals surface area contributed by atoms with Gasteiger partial charge in [-0.05, 0) is 74.2 Å². The number of anilines is 1. The minimum absolute atomic E-state index is 0.0387. The number of piperazine rings is 1. The summed E-state index contributed by atoms with van der Waals surface area (Å²) in [5.41, 5.74) is -3.16. The monoisotopic (exact) mass is 789 g/mol. The zero-order chi connectivity index (χ0) is 39.8. The highest BCUT2D eigenvalue weighted by atomic mass is 19.4. The number of hydrogen-bond donors (Lipinski definition) is 1. The second-order valence-electron chi connectivity index (χ2n) is 16.4. The van der Waals surface area contributed by atoms with E-state index in [1.807, 2.05) is 4.90 Å². The van der Waals surface area contributed by atoms with Gasteiger partial charge in [0.2, 0.25) is 5.91 Å². The largest absolute Gasteiger partial charge is 0.508 e. The Bertz CT molecular complexity index is 2570. The van der Waals surface area contributed by atoms with Crippen molar-refractivity contribution >= 4 is 44.3 Å². The standard InChI is InChI=1S/C41H37F6N7O3/c1-3-26-29(43)8-5-21-13-25(55)14-27(30(21)26)31-33(44)35-32(28-19-51(2)50-34(28)31)36(49-38(48-35)57-20-39-9-4-12-53(39)16-22(42)15-39)52-17-23-6-7-24(18-52)54(23)37(56)40(10-11-40)41(45,46)47/h1,5,8,13-14,19,22-24,55H,4,6-7,9-12,15-18,20H2,2H3/t22-,23?,24?,39+/m1/s1. The molecule has 3 aromatic carbocycles. The Balaban J connectivity index is 1.16. The van der Waals surface area contributed by atoms with E-state index in [0.717, 1.165) is 6.42 Å². The van der Waals surface area contributed by atoms with Crippen molar-refractivity contribution in [2.45, 2.75) is 74.9 Å². The van der Waals surface area contributed by atoms with Crippen LogP contribution in [0.3, 0.4) is 0 Å². The average Bonchev–Trinajstić information content (AvgIpc) is 3.54. The van der Waals surface area contributed by atoms with Gasteiger partial charge in [0, 0.05) is 67.7 Å². The van der Waals surface area contributed by atoms with Crippen LogP contribution >= 0.6 is 0 Å². The van der Waals surface area contributed by atoms with Crippen LogP contribution in [0.25, 0.3) is 43.7 Å². The van der Waals surface area contributed by atoms with Crippen molar-refractivity contribution < 1.29 is 41.0 Å². The van der Waals surface area contributed by atoms with Crippen LogP contribution in [-0.4, -0.2) is 103 Å². The Kier molecular flexibility index (Phi) is 7.81. The predicted octanol–water partition coefficient (Wildman–Crippen LogP) is 6.78. The fourth-order valence-electron chi connectivity index (χ4n) is 10.3. The minimum Gasteiger partial charge on any atom is -0.508 e. The zero-order valence-corrected chi connectivity index (χ0v) is 30.8. The van der Waals surface area contributed by atoms with Crippen LogP contribution < -0.4 is 9.64 Å². The van der Waals surface area contributed by atoms with Crippen molar-refractivity contribution in [1.82, 2.24) is 29.5 Å². The van der Waals surface area contributed by atoms with Crippen LogP contribution in [0.5, 0.6) is 11.8 Å². The van der Waals surface area contributed by atoms with E-state index in [4.69, 9.17) is 16.1 Å². The molecule has 1 N–H and O–H groups in total. The lowest BCUT2D eigenvalue weighted by molar-refractivity contribution is -0.200. The van der Waals surface area contributed by atoms with Crippen molar-refractivity contribution in [2.24, 2.45) is 12.5 Å². The minimum atomic E-state index is -4.65. The summed E-state index contributed by atoms with van der Waals surface area (Å²) >= 11 is 0. The number of nitrogens with zero attached hydrogens (tertiary/aromatic N) is 7. The van der Waals surface area contributed by atoms with E-state index < -0.39 is 52.9 Å². The van der Waals surface area contributed by atoms with Crippen LogP contribution in [0.4, 0.5) is 32.2 Å². The number of rotatable bonds is 6. The number of terminal acetylenes is 1. The number of phenolic OH excluding ortho intramolecular Hbond substituents is 1. The topological polar surface area (TPSA) is 99.9 Å². The van der Waals surface area contributed by atoms with Crippen molar-refractivity contribution in [2.75, 3.05) is 37.7 Å². The number of ether oxygens (including phenoxy) is 1. The van der Waals surface area contributed by atoms with Gasteiger partial charge in [-0.1, -0.05) is 12.0 Å². The molecule has 5 aliphatic rings. The second kappa shape index (κ2) is 12.3. The van der Waals surface area contributed by atoms with Crippen LogP contribution in [0.1, 0.15) is 50.5 Å². The van der Waals surface area contributed by atoms with Crippen LogP contribution in [-0.2, 0) is 11.8 Å². The highest BCUT2D eigenvalue weighted by Gasteiger charge is 2.70. The van der Waals surface area contributed by atoms with Gasteiger partial charge in [0.25, 0.3) is 0 Å². The first-order valence-electron chi connectivity index (χ1n) is 19.2. The molecule has 1 aliphatic carbocycles. The summed E-state index contributed by atoms with van der Waals surface area (Å²) in [4.78, 5) is 28.4. The van der Waals surface area contributed by atoms with E-state index >= 15 is 8.78 Å². The maximum atomic E-state index is 17.7. The van der Waals surface area contributed by atoms with E-state index in [0.29, 0.717) is 36.6 Å². The molecule has 6 heterocycles. The van der Waals surface area contributed by atoms with Gasteiger partial charge in [0.05, 0.1) is 16.5 Å². The third-order valence-electron chi connectivity index (χ3n) is 13.0. The van der Waals surface area contributed by atoms with Crippen LogP contribution in [0, 0.1) is 29.4 Å². The predicted molar refractivity (Wildman–Crippen MR) is 198 cm³/mol. The summed E-state index contributed by atoms with van der Waals surface area (Å²) in [6.45, 7) is 1.27. The highest BCUT2D eigenvalue weighted by molar-refractivity contribution is 6.18. The fraction of sp³-hybridized carbons (Fsp3) is 0.463. The lowest BCUT2D eigenvalue weighted by Gasteiger charge is -2.43. The van der Waals surface area contributed by atoms with Gasteiger partial charge < -0.3 is 19.6 Å². The number of aromatic hydroxyl groups is 1. The van der Waals surface area contributed by atoms with Crippen LogP contribution in [0.15, 0.2) is 30.5 Å². The summed E-state index contributed by atoms with van der Waals surface area (Å²) in [6.07, 6.45) is 4.07. The van der Waals surface area contributed by atoms with Crippen molar-refractivity contribution in [3.05, 3.63) is 47.7 Å². The molecule has 2 aromatic heterocycles. The second-order valence-corrected chi connectivity index (χ2v) is 16.4. The Morgan fingerprint density at radius 3 is 2.51 bits per heavy atom. The van der Waals surface area contributed by atoms with Crippen molar-refractivity contribution in [3.63, 3.8) is 0 Å². The van der Waals surface area contributed by atoms with Gasteiger partial charge in [0.15, 0.2) is 5.82 Å². The molecule has 5 aromatic rings. The Labute approximate surface area is 322 Å². The summed E-state index contributed by atoms with van der Waals surface area (Å²) < 4.78 is 97.9. The number of amides is 1. The summed E-state index contributed by atoms with van der Waals surface area (Å²) in [7, 11) is 1.64. The number of halogens is 6. The molecule has 0 radical (unpaired) electrons. The number of carbonyl (C=O) groups is 1. The maximum absolute atomic E-state index is 17.7. The molecular weight excluding hydrogens is 752 g/mol. The molecule has 1 saturated carbocycles. The average molecular weight is 790 g/mol. The normalized spacial score (nSPS) is 25.5. The Morgan fingerprint density at radius 2 is 1.81 bits per heavy atom. The number of phenols is 1. The summed E-state index contributed by atoms with van der Waals surface area (Å²) in [6, 6.07) is 4.00. The lowest BCUT2D eigenvalue weighted by atomic mass is 9.91. The third kappa shape index (κ3) is 5.29. The molecule has 10 nitrogen and oxygen atoms in total. The van der Waals surface area contributed by atoms with Crippen molar-refractivity contribution in [3.8, 4) is 35.2 Å². The van der Waals surface area contributed by atoms with E-state index in [1.54, 1.807) is 13.2 Å². The van der Waals surface area contributed by atoms with Gasteiger partial charge >= 0.3 is 12.2 Å². The molecule has 4 atom stereocenters. The number of carbonyl (C=O) groups excluding carboxylic acids is 1. The first kappa shape index (κ1) is 36.1.